The number of alkyl carbamates (subject to hydrolysis) is 1. The summed E-state index contributed by atoms with van der Waals surface area (Å²) in [6.45, 7) is -0.0334. The minimum absolute atomic E-state index is 0.00548. The van der Waals surface area contributed by atoms with Crippen LogP contribution in [0.5, 0.6) is 0 Å². The lowest BCUT2D eigenvalue weighted by atomic mass is 9.96. The van der Waals surface area contributed by atoms with Crippen molar-refractivity contribution in [3.63, 3.8) is 0 Å². The lowest BCUT2D eigenvalue weighted by molar-refractivity contribution is -0.141. The normalized spacial score (nSPS) is 30.3. The van der Waals surface area contributed by atoms with Crippen LogP contribution >= 0.6 is 0 Å². The number of nitrogens with zero attached hydrogens (tertiary/aromatic N) is 2. The average Bonchev–Trinajstić information content (AvgIpc) is 3.95. The molecule has 1 aromatic rings. The van der Waals surface area contributed by atoms with E-state index in [1.807, 2.05) is 12.2 Å². The van der Waals surface area contributed by atoms with Gasteiger partial charge in [-0.3, -0.25) is 24.0 Å². The maximum Gasteiger partial charge on any atom is 0.410 e. The van der Waals surface area contributed by atoms with Gasteiger partial charge in [-0.2, -0.15) is 0 Å². The summed E-state index contributed by atoms with van der Waals surface area (Å²) in [5.74, 6) is -3.00. The van der Waals surface area contributed by atoms with E-state index in [0.717, 1.165) is 32.1 Å². The van der Waals surface area contributed by atoms with E-state index in [2.05, 4.69) is 15.4 Å². The summed E-state index contributed by atoms with van der Waals surface area (Å²) in [7, 11) is -3.91. The number of ether oxygens (including phenoxy) is 2. The van der Waals surface area contributed by atoms with Crippen LogP contribution in [0.25, 0.3) is 0 Å². The molecule has 0 bridgehead atoms. The molecule has 4 fully saturated rings. The predicted octanol–water partition coefficient (Wildman–Crippen LogP) is 2.90. The van der Waals surface area contributed by atoms with Crippen LogP contribution in [-0.2, 0) is 47.0 Å². The van der Waals surface area contributed by atoms with Gasteiger partial charge in [-0.1, -0.05) is 37.1 Å². The molecule has 3 saturated carbocycles. The number of fused-ring (bicyclic) bond motifs is 3. The Balaban J connectivity index is 1.12. The van der Waals surface area contributed by atoms with E-state index in [0.29, 0.717) is 36.8 Å². The molecule has 7 rings (SSSR count). The summed E-state index contributed by atoms with van der Waals surface area (Å²) >= 11 is 0. The first-order valence-electron chi connectivity index (χ1n) is 18.0. The SMILES string of the molecule is O=C(N[C@H]1CCCCC/C=C\[C@@H]2C[C@@]2(C(=O)NS(=O)(=O)C2CC2)NC(=O)[C@@H]2C[C@@H](OC(=O)N3Cc4cccc(F)c4C3)CN2C1=O)OC1CCC1. The van der Waals surface area contributed by atoms with E-state index in [4.69, 9.17) is 9.47 Å². The zero-order valence-corrected chi connectivity index (χ0v) is 29.1. The lowest BCUT2D eigenvalue weighted by Gasteiger charge is -2.31. The first-order chi connectivity index (χ1) is 24.4. The number of amides is 5. The van der Waals surface area contributed by atoms with Gasteiger partial charge in [0.2, 0.25) is 21.8 Å². The Hall–Kier alpha value is -4.21. The molecule has 0 aromatic heterocycles. The maximum absolute atomic E-state index is 14.4. The van der Waals surface area contributed by atoms with Gasteiger partial charge in [-0.25, -0.2) is 22.4 Å². The van der Waals surface area contributed by atoms with Crippen LogP contribution in [0.1, 0.15) is 88.2 Å². The number of halogens is 1. The third-order valence-corrected chi connectivity index (χ3v) is 12.7. The summed E-state index contributed by atoms with van der Waals surface area (Å²) in [5.41, 5.74) is -0.496. The van der Waals surface area contributed by atoms with E-state index < -0.39 is 80.6 Å². The van der Waals surface area contributed by atoms with Crippen LogP contribution < -0.4 is 15.4 Å². The molecule has 3 aliphatic carbocycles. The molecular weight excluding hydrogens is 685 g/mol. The molecule has 3 N–H and O–H groups in total. The van der Waals surface area contributed by atoms with Crippen molar-refractivity contribution in [2.45, 2.75) is 125 Å². The number of nitrogens with one attached hydrogen (secondary N) is 3. The number of hydrogen-bond acceptors (Lipinski definition) is 9. The van der Waals surface area contributed by atoms with Crippen LogP contribution in [0.3, 0.4) is 0 Å². The second kappa shape index (κ2) is 14.1. The summed E-state index contributed by atoms with van der Waals surface area (Å²) in [4.78, 5) is 70.8. The summed E-state index contributed by atoms with van der Waals surface area (Å²) in [6.07, 6.45) is 7.57. The van der Waals surface area contributed by atoms with Gasteiger partial charge in [0.15, 0.2) is 0 Å². The number of allylic oxidation sites excluding steroid dienone is 1. The van der Waals surface area contributed by atoms with Crippen LogP contribution in [-0.4, -0.2) is 89.8 Å². The van der Waals surface area contributed by atoms with E-state index >= 15 is 0 Å². The molecule has 3 heterocycles. The number of carbonyl (C=O) groups excluding carboxylic acids is 5. The maximum atomic E-state index is 14.4. The Kier molecular flexibility index (Phi) is 9.71. The number of carbonyl (C=O) groups is 5. The quantitative estimate of drug-likeness (QED) is 0.371. The summed E-state index contributed by atoms with van der Waals surface area (Å²) < 4.78 is 53.3. The number of hydrogen-bond donors (Lipinski definition) is 3. The van der Waals surface area contributed by atoms with Crippen molar-refractivity contribution in [3.05, 3.63) is 47.3 Å². The van der Waals surface area contributed by atoms with Gasteiger partial charge in [0.25, 0.3) is 5.91 Å². The fraction of sp³-hybridized carbons (Fsp3) is 0.629. The monoisotopic (exact) mass is 729 g/mol. The Morgan fingerprint density at radius 2 is 1.76 bits per heavy atom. The molecule has 5 atom stereocenters. The molecule has 1 saturated heterocycles. The Labute approximate surface area is 295 Å². The van der Waals surface area contributed by atoms with Crippen molar-refractivity contribution >= 4 is 39.9 Å². The summed E-state index contributed by atoms with van der Waals surface area (Å²) in [5, 5.41) is 4.85. The topological polar surface area (TPSA) is 181 Å². The van der Waals surface area contributed by atoms with Gasteiger partial charge >= 0.3 is 12.2 Å². The van der Waals surface area contributed by atoms with E-state index in [1.54, 1.807) is 12.1 Å². The Morgan fingerprint density at radius 1 is 0.961 bits per heavy atom. The third-order valence-electron chi connectivity index (χ3n) is 10.9. The van der Waals surface area contributed by atoms with Crippen LogP contribution in [0, 0.1) is 11.7 Å². The molecule has 3 aliphatic heterocycles. The minimum Gasteiger partial charge on any atom is -0.446 e. The highest BCUT2D eigenvalue weighted by atomic mass is 32.2. The molecule has 5 amide bonds. The molecular formula is C35H44FN5O9S. The number of rotatable bonds is 6. The smallest absolute Gasteiger partial charge is 0.410 e. The fourth-order valence-corrected chi connectivity index (χ4v) is 8.75. The second-order valence-electron chi connectivity index (χ2n) is 14.6. The van der Waals surface area contributed by atoms with Gasteiger partial charge in [0.05, 0.1) is 18.3 Å². The number of benzene rings is 1. The second-order valence-corrected chi connectivity index (χ2v) is 16.6. The van der Waals surface area contributed by atoms with Crippen LogP contribution in [0.2, 0.25) is 0 Å². The molecule has 6 aliphatic rings. The van der Waals surface area contributed by atoms with E-state index in [9.17, 15) is 36.8 Å². The molecule has 16 heteroatoms. The van der Waals surface area contributed by atoms with Crippen molar-refractivity contribution in [2.75, 3.05) is 6.54 Å². The third kappa shape index (κ3) is 7.56. The Morgan fingerprint density at radius 3 is 2.49 bits per heavy atom. The van der Waals surface area contributed by atoms with Crippen molar-refractivity contribution in [1.82, 2.24) is 25.2 Å². The van der Waals surface area contributed by atoms with Crippen molar-refractivity contribution in [1.29, 1.82) is 0 Å². The lowest BCUT2D eigenvalue weighted by Crippen LogP contribution is -2.58. The van der Waals surface area contributed by atoms with Gasteiger partial charge in [0, 0.05) is 24.4 Å². The number of sulfonamides is 1. The Bertz CT molecular complexity index is 1730. The molecule has 276 valence electrons. The zero-order chi connectivity index (χ0) is 35.9. The highest BCUT2D eigenvalue weighted by molar-refractivity contribution is 7.91. The molecule has 0 unspecified atom stereocenters. The van der Waals surface area contributed by atoms with Gasteiger partial charge in [0.1, 0.15) is 35.6 Å². The molecule has 51 heavy (non-hydrogen) atoms. The minimum atomic E-state index is -3.91. The molecule has 14 nitrogen and oxygen atoms in total. The van der Waals surface area contributed by atoms with Crippen molar-refractivity contribution < 1.29 is 46.3 Å². The molecule has 1 aromatic carbocycles. The summed E-state index contributed by atoms with van der Waals surface area (Å²) in [6, 6.07) is 2.37. The zero-order valence-electron chi connectivity index (χ0n) is 28.3. The fourth-order valence-electron chi connectivity index (χ4n) is 7.39. The van der Waals surface area contributed by atoms with Crippen LogP contribution in [0.15, 0.2) is 30.4 Å². The van der Waals surface area contributed by atoms with E-state index in [-0.39, 0.29) is 45.0 Å². The largest absolute Gasteiger partial charge is 0.446 e. The first-order valence-corrected chi connectivity index (χ1v) is 19.5. The highest BCUT2D eigenvalue weighted by Gasteiger charge is 2.62. The highest BCUT2D eigenvalue weighted by Crippen LogP contribution is 2.46. The first kappa shape index (κ1) is 35.2. The van der Waals surface area contributed by atoms with Gasteiger partial charge < -0.3 is 25.0 Å². The van der Waals surface area contributed by atoms with Gasteiger partial charge in [-0.05, 0) is 69.4 Å². The standard InChI is InChI=1S/C35H44FN5O9S/c36-27-12-6-8-21-18-40(20-26(21)27)34(46)50-24-16-29-30(42)38-35(32(44)39-51(47,48)25-14-15-25)17-22(35)9-4-2-1-3-5-13-28(31(43)41(29)19-24)37-33(45)49-23-10-7-11-23/h4,6,8-9,12,22-25,28-29H,1-3,5,7,10-11,13-20H2,(H,37,45)(H,38,42)(H,39,44)/b9-4-/t22-,24-,28+,29+,35-/m1/s1. The van der Waals surface area contributed by atoms with Gasteiger partial charge in [-0.15, -0.1) is 0 Å². The van der Waals surface area contributed by atoms with Crippen molar-refractivity contribution in [2.24, 2.45) is 5.92 Å². The van der Waals surface area contributed by atoms with Crippen molar-refractivity contribution in [3.8, 4) is 0 Å². The van der Waals surface area contributed by atoms with E-state index in [1.165, 1.54) is 15.9 Å². The molecule has 0 spiro atoms. The average molecular weight is 730 g/mol. The van der Waals surface area contributed by atoms with Crippen LogP contribution in [0.4, 0.5) is 14.0 Å². The molecule has 0 radical (unpaired) electrons. The predicted molar refractivity (Wildman–Crippen MR) is 178 cm³/mol.